The molecule has 2 heterocycles. The monoisotopic (exact) mass is 441 g/mol. The number of methoxy groups -OCH3 is 1. The quantitative estimate of drug-likeness (QED) is 0.596. The number of nitrogens with zero attached hydrogens (tertiary/aromatic N) is 2. The van der Waals surface area contributed by atoms with E-state index in [9.17, 15) is 4.79 Å². The Morgan fingerprint density at radius 3 is 2.82 bits per heavy atom. The van der Waals surface area contributed by atoms with Crippen LogP contribution in [0.3, 0.4) is 0 Å². The standard InChI is InChI=1S/C21H20BrN3O3/c1-4-28-20(26)18-12(2)23-21-24-15-7-5-6-8-16(15)25(21)19(18)14-11-13(22)9-10-17(14)27-3/h5-11,19H,4H2,1-3H3,(H,23,24)/t19-/m1/s1. The highest BCUT2D eigenvalue weighted by Crippen LogP contribution is 2.43. The molecule has 3 aromatic rings. The van der Waals surface area contributed by atoms with Crippen LogP contribution in [0.25, 0.3) is 11.0 Å². The summed E-state index contributed by atoms with van der Waals surface area (Å²) in [6.07, 6.45) is 0. The lowest BCUT2D eigenvalue weighted by Gasteiger charge is -2.31. The molecule has 1 aliphatic heterocycles. The maximum Gasteiger partial charge on any atom is 0.338 e. The van der Waals surface area contributed by atoms with Crippen LogP contribution in [0.1, 0.15) is 25.5 Å². The predicted octanol–water partition coefficient (Wildman–Crippen LogP) is 4.66. The minimum atomic E-state index is -0.435. The van der Waals surface area contributed by atoms with E-state index in [2.05, 4.69) is 21.2 Å². The van der Waals surface area contributed by atoms with Gasteiger partial charge in [0.15, 0.2) is 0 Å². The number of halogens is 1. The number of imidazole rings is 1. The van der Waals surface area contributed by atoms with E-state index in [1.165, 1.54) is 0 Å². The first kappa shape index (κ1) is 18.6. The van der Waals surface area contributed by atoms with Gasteiger partial charge in [0.1, 0.15) is 5.75 Å². The molecular weight excluding hydrogens is 422 g/mol. The van der Waals surface area contributed by atoms with Crippen molar-refractivity contribution in [3.8, 4) is 5.75 Å². The van der Waals surface area contributed by atoms with Gasteiger partial charge in [-0.15, -0.1) is 0 Å². The Kier molecular flexibility index (Phi) is 4.85. The molecule has 1 N–H and O–H groups in total. The Morgan fingerprint density at radius 2 is 2.07 bits per heavy atom. The van der Waals surface area contributed by atoms with Gasteiger partial charge in [0.05, 0.1) is 36.4 Å². The number of rotatable bonds is 4. The number of carbonyl (C=O) groups excluding carboxylic acids is 1. The molecular formula is C21H20BrN3O3. The molecule has 6 nitrogen and oxygen atoms in total. The van der Waals surface area contributed by atoms with Gasteiger partial charge in [-0.2, -0.15) is 0 Å². The van der Waals surface area contributed by atoms with E-state index in [1.807, 2.05) is 54.0 Å². The van der Waals surface area contributed by atoms with Crippen LogP contribution >= 0.6 is 15.9 Å². The highest BCUT2D eigenvalue weighted by molar-refractivity contribution is 9.10. The number of fused-ring (bicyclic) bond motifs is 3. The molecule has 0 aliphatic carbocycles. The first-order chi connectivity index (χ1) is 13.5. The summed E-state index contributed by atoms with van der Waals surface area (Å²) in [6, 6.07) is 13.2. The van der Waals surface area contributed by atoms with Crippen LogP contribution in [0, 0.1) is 0 Å². The fourth-order valence-corrected chi connectivity index (χ4v) is 4.03. The van der Waals surface area contributed by atoms with Crippen molar-refractivity contribution >= 4 is 38.9 Å². The van der Waals surface area contributed by atoms with Gasteiger partial charge in [0.25, 0.3) is 0 Å². The molecule has 1 atom stereocenters. The Balaban J connectivity index is 2.03. The average molecular weight is 442 g/mol. The van der Waals surface area contributed by atoms with Crippen LogP contribution in [0.4, 0.5) is 5.95 Å². The number of esters is 1. The van der Waals surface area contributed by atoms with Gasteiger partial charge in [-0.3, -0.25) is 4.57 Å². The Morgan fingerprint density at radius 1 is 1.29 bits per heavy atom. The van der Waals surface area contributed by atoms with Crippen molar-refractivity contribution in [2.24, 2.45) is 0 Å². The molecule has 0 saturated carbocycles. The lowest BCUT2D eigenvalue weighted by Crippen LogP contribution is -2.29. The normalized spacial score (nSPS) is 15.9. The van der Waals surface area contributed by atoms with Gasteiger partial charge < -0.3 is 14.8 Å². The Hall–Kier alpha value is -2.80. The molecule has 7 heteroatoms. The second kappa shape index (κ2) is 7.31. The number of carbonyl (C=O) groups is 1. The summed E-state index contributed by atoms with van der Waals surface area (Å²) in [4.78, 5) is 17.6. The highest BCUT2D eigenvalue weighted by atomic mass is 79.9. The number of para-hydroxylation sites is 2. The third-order valence-electron chi connectivity index (χ3n) is 4.81. The summed E-state index contributed by atoms with van der Waals surface area (Å²) < 4.78 is 13.9. The SMILES string of the molecule is CCOC(=O)C1=C(C)Nc2nc3ccccc3n2[C@@H]1c1cc(Br)ccc1OC. The molecule has 1 aliphatic rings. The summed E-state index contributed by atoms with van der Waals surface area (Å²) in [5.41, 5.74) is 3.88. The second-order valence-corrected chi connectivity index (χ2v) is 7.38. The van der Waals surface area contributed by atoms with Crippen LogP contribution in [0.2, 0.25) is 0 Å². The summed E-state index contributed by atoms with van der Waals surface area (Å²) in [5, 5.41) is 3.27. The maximum atomic E-state index is 12.9. The molecule has 28 heavy (non-hydrogen) atoms. The Bertz CT molecular complexity index is 1100. The van der Waals surface area contributed by atoms with Crippen molar-refractivity contribution in [3.63, 3.8) is 0 Å². The molecule has 0 saturated heterocycles. The summed E-state index contributed by atoms with van der Waals surface area (Å²) >= 11 is 3.55. The average Bonchev–Trinajstić information content (AvgIpc) is 3.04. The lowest BCUT2D eigenvalue weighted by molar-refractivity contribution is -0.139. The summed E-state index contributed by atoms with van der Waals surface area (Å²) in [6.45, 7) is 3.97. The van der Waals surface area contributed by atoms with Crippen LogP contribution in [0.15, 0.2) is 58.2 Å². The van der Waals surface area contributed by atoms with E-state index in [0.29, 0.717) is 29.6 Å². The molecule has 0 fully saturated rings. The number of allylic oxidation sites excluding steroid dienone is 1. The number of hydrogen-bond donors (Lipinski definition) is 1. The van der Waals surface area contributed by atoms with Crippen molar-refractivity contribution in [1.29, 1.82) is 0 Å². The van der Waals surface area contributed by atoms with E-state index >= 15 is 0 Å². The number of nitrogens with one attached hydrogen (secondary N) is 1. The van der Waals surface area contributed by atoms with Crippen molar-refractivity contribution in [2.75, 3.05) is 19.0 Å². The van der Waals surface area contributed by atoms with Gasteiger partial charge >= 0.3 is 5.97 Å². The zero-order valence-corrected chi connectivity index (χ0v) is 17.4. The first-order valence-corrected chi connectivity index (χ1v) is 9.79. The molecule has 1 aromatic heterocycles. The van der Waals surface area contributed by atoms with E-state index < -0.39 is 6.04 Å². The number of anilines is 1. The van der Waals surface area contributed by atoms with Gasteiger partial charge in [0, 0.05) is 15.7 Å². The molecule has 0 radical (unpaired) electrons. The minimum absolute atomic E-state index is 0.301. The van der Waals surface area contributed by atoms with Crippen molar-refractivity contribution in [2.45, 2.75) is 19.9 Å². The molecule has 144 valence electrons. The number of ether oxygens (including phenoxy) is 2. The van der Waals surface area contributed by atoms with E-state index in [-0.39, 0.29) is 5.97 Å². The van der Waals surface area contributed by atoms with Crippen LogP contribution in [-0.2, 0) is 9.53 Å². The molecule has 0 unspecified atom stereocenters. The number of hydrogen-bond acceptors (Lipinski definition) is 5. The fraction of sp³-hybridized carbons (Fsp3) is 0.238. The largest absolute Gasteiger partial charge is 0.496 e. The van der Waals surface area contributed by atoms with Crippen LogP contribution in [0.5, 0.6) is 5.75 Å². The smallest absolute Gasteiger partial charge is 0.338 e. The molecule has 2 aromatic carbocycles. The zero-order valence-electron chi connectivity index (χ0n) is 15.8. The first-order valence-electron chi connectivity index (χ1n) is 9.00. The third-order valence-corrected chi connectivity index (χ3v) is 5.31. The van der Waals surface area contributed by atoms with Gasteiger partial charge in [-0.25, -0.2) is 9.78 Å². The van der Waals surface area contributed by atoms with E-state index in [1.54, 1.807) is 14.0 Å². The van der Waals surface area contributed by atoms with Gasteiger partial charge in [0.2, 0.25) is 5.95 Å². The van der Waals surface area contributed by atoms with Crippen molar-refractivity contribution in [1.82, 2.24) is 9.55 Å². The highest BCUT2D eigenvalue weighted by Gasteiger charge is 2.36. The van der Waals surface area contributed by atoms with Crippen molar-refractivity contribution < 1.29 is 14.3 Å². The van der Waals surface area contributed by atoms with Gasteiger partial charge in [-0.05, 0) is 44.2 Å². The predicted molar refractivity (Wildman–Crippen MR) is 112 cm³/mol. The molecule has 0 spiro atoms. The van der Waals surface area contributed by atoms with Gasteiger partial charge in [-0.1, -0.05) is 28.1 Å². The van der Waals surface area contributed by atoms with Crippen molar-refractivity contribution in [3.05, 3.63) is 63.8 Å². The van der Waals surface area contributed by atoms with E-state index in [4.69, 9.17) is 14.5 Å². The maximum absolute atomic E-state index is 12.9. The lowest BCUT2D eigenvalue weighted by atomic mass is 9.94. The molecule has 0 bridgehead atoms. The Labute approximate surface area is 171 Å². The summed E-state index contributed by atoms with van der Waals surface area (Å²) in [5.74, 6) is 1.01. The number of benzene rings is 2. The summed E-state index contributed by atoms with van der Waals surface area (Å²) in [7, 11) is 1.63. The minimum Gasteiger partial charge on any atom is -0.496 e. The molecule has 0 amide bonds. The van der Waals surface area contributed by atoms with E-state index in [0.717, 1.165) is 21.1 Å². The third kappa shape index (κ3) is 2.96. The second-order valence-electron chi connectivity index (χ2n) is 6.47. The molecule has 4 rings (SSSR count). The number of aromatic nitrogens is 2. The van der Waals surface area contributed by atoms with Crippen LogP contribution < -0.4 is 10.1 Å². The fourth-order valence-electron chi connectivity index (χ4n) is 3.65. The topological polar surface area (TPSA) is 65.4 Å². The van der Waals surface area contributed by atoms with Crippen LogP contribution in [-0.4, -0.2) is 29.2 Å². The zero-order chi connectivity index (χ0) is 19.8.